The van der Waals surface area contributed by atoms with E-state index in [1.165, 1.54) is 0 Å². The molecule has 5 heteroatoms. The summed E-state index contributed by atoms with van der Waals surface area (Å²) in [6.45, 7) is 11.2. The first-order valence-corrected chi connectivity index (χ1v) is 11.7. The summed E-state index contributed by atoms with van der Waals surface area (Å²) < 4.78 is 14.5. The van der Waals surface area contributed by atoms with E-state index < -0.39 is 18.2 Å². The van der Waals surface area contributed by atoms with Gasteiger partial charge in [-0.1, -0.05) is 65.7 Å². The van der Waals surface area contributed by atoms with Crippen molar-refractivity contribution in [2.45, 2.75) is 41.5 Å². The zero-order chi connectivity index (χ0) is 22.2. The molecule has 0 saturated carbocycles. The van der Waals surface area contributed by atoms with Gasteiger partial charge in [0.2, 0.25) is 18.2 Å². The van der Waals surface area contributed by atoms with Crippen LogP contribution < -0.4 is 24.2 Å². The first-order valence-electron chi connectivity index (χ1n) is 9.98. The topological polar surface area (TPSA) is 51.2 Å². The van der Waals surface area contributed by atoms with Crippen LogP contribution in [-0.4, -0.2) is 11.0 Å². The minimum Gasteiger partial charge on any atom is -1.00 e. The van der Waals surface area contributed by atoms with Gasteiger partial charge in [0, 0.05) is 16.4 Å². The quantitative estimate of drug-likeness (QED) is 0.465. The number of carbonyl (C=O) groups is 2. The van der Waals surface area contributed by atoms with Crippen LogP contribution >= 0.6 is 7.14 Å². The van der Waals surface area contributed by atoms with Crippen LogP contribution in [0.3, 0.4) is 0 Å². The standard InChI is InChI=1S/C26H27O3P.Li.H/c1-16-12-18(3)23(19(4)13-16)25(27)30(29,22-10-8-7-9-11-22)26(28)24-20(5)14-17(2)15-21(24)6;;/h7-15H,1-6H3;;/q;+1;-1. The molecular weight excluding hydrogens is 398 g/mol. The van der Waals surface area contributed by atoms with Gasteiger partial charge in [-0.05, 0) is 63.8 Å². The van der Waals surface area contributed by atoms with Gasteiger partial charge in [0.15, 0.2) is 0 Å². The Morgan fingerprint density at radius 3 is 1.29 bits per heavy atom. The Balaban J connectivity index is 0.00000256. The van der Waals surface area contributed by atoms with Crippen LogP contribution in [-0.2, 0) is 4.57 Å². The zero-order valence-electron chi connectivity index (χ0n) is 20.4. The molecule has 0 aliphatic carbocycles. The molecule has 0 bridgehead atoms. The van der Waals surface area contributed by atoms with Gasteiger partial charge in [-0.2, -0.15) is 0 Å². The predicted molar refractivity (Wildman–Crippen MR) is 125 cm³/mol. The van der Waals surface area contributed by atoms with Gasteiger partial charge in [0.25, 0.3) is 0 Å². The molecular formula is C26H28LiO3P. The Morgan fingerprint density at radius 1 is 0.645 bits per heavy atom. The maximum absolute atomic E-state index is 14.5. The Morgan fingerprint density at radius 2 is 0.968 bits per heavy atom. The number of hydrogen-bond acceptors (Lipinski definition) is 3. The second kappa shape index (κ2) is 9.54. The third-order valence-electron chi connectivity index (χ3n) is 5.47. The molecule has 3 aromatic carbocycles. The van der Waals surface area contributed by atoms with Crippen molar-refractivity contribution in [2.75, 3.05) is 0 Å². The van der Waals surface area contributed by atoms with Crippen LogP contribution in [0.2, 0.25) is 0 Å². The monoisotopic (exact) mass is 426 g/mol. The van der Waals surface area contributed by atoms with Crippen molar-refractivity contribution in [3.63, 3.8) is 0 Å². The third kappa shape index (κ3) is 4.56. The van der Waals surface area contributed by atoms with Crippen molar-refractivity contribution in [1.29, 1.82) is 0 Å². The van der Waals surface area contributed by atoms with E-state index in [0.717, 1.165) is 33.4 Å². The second-order valence-corrected chi connectivity index (χ2v) is 10.6. The minimum absolute atomic E-state index is 0. The summed E-state index contributed by atoms with van der Waals surface area (Å²) in [4.78, 5) is 27.7. The third-order valence-corrected chi connectivity index (χ3v) is 8.09. The maximum atomic E-state index is 14.5. The molecule has 0 radical (unpaired) electrons. The molecule has 31 heavy (non-hydrogen) atoms. The van der Waals surface area contributed by atoms with Gasteiger partial charge in [0.1, 0.15) is 0 Å². The van der Waals surface area contributed by atoms with Crippen LogP contribution in [0.25, 0.3) is 0 Å². The van der Waals surface area contributed by atoms with Crippen molar-refractivity contribution < 1.29 is 34.4 Å². The molecule has 0 fully saturated rings. The molecule has 3 nitrogen and oxygen atoms in total. The Bertz CT molecular complexity index is 1100. The first kappa shape index (κ1) is 25.1. The van der Waals surface area contributed by atoms with Gasteiger partial charge >= 0.3 is 18.9 Å². The molecule has 0 atom stereocenters. The van der Waals surface area contributed by atoms with Crippen LogP contribution in [0.1, 0.15) is 55.5 Å². The average molecular weight is 426 g/mol. The molecule has 0 unspecified atom stereocenters. The molecule has 0 aromatic heterocycles. The average Bonchev–Trinajstić information content (AvgIpc) is 2.66. The van der Waals surface area contributed by atoms with E-state index in [4.69, 9.17) is 0 Å². The number of aryl methyl sites for hydroxylation is 6. The number of benzene rings is 3. The summed E-state index contributed by atoms with van der Waals surface area (Å²) in [6.07, 6.45) is 0. The summed E-state index contributed by atoms with van der Waals surface area (Å²) in [5.74, 6) is 0. The Kier molecular flexibility index (Phi) is 7.72. The summed E-state index contributed by atoms with van der Waals surface area (Å²) in [7, 11) is -4.11. The summed E-state index contributed by atoms with van der Waals surface area (Å²) in [6, 6.07) is 16.0. The SMILES string of the molecule is Cc1cc(C)c(C(=O)P(=O)(C(=O)c2c(C)cc(C)cc2C)c2ccccc2)c(C)c1.[H-].[Li+]. The van der Waals surface area contributed by atoms with E-state index >= 15 is 0 Å². The van der Waals surface area contributed by atoms with E-state index in [2.05, 4.69) is 0 Å². The number of rotatable bonds is 5. The Labute approximate surface area is 198 Å². The fourth-order valence-corrected chi connectivity index (χ4v) is 6.89. The van der Waals surface area contributed by atoms with E-state index in [9.17, 15) is 14.2 Å². The van der Waals surface area contributed by atoms with E-state index in [-0.39, 0.29) is 25.6 Å². The summed E-state index contributed by atoms with van der Waals surface area (Å²) >= 11 is 0. The zero-order valence-corrected chi connectivity index (χ0v) is 20.3. The van der Waals surface area contributed by atoms with E-state index in [1.54, 1.807) is 30.3 Å². The second-order valence-electron chi connectivity index (χ2n) is 8.10. The fourth-order valence-electron chi connectivity index (χ4n) is 4.31. The molecule has 0 amide bonds. The molecule has 0 heterocycles. The molecule has 0 aliphatic heterocycles. The van der Waals surface area contributed by atoms with Gasteiger partial charge in [0.05, 0.1) is 0 Å². The van der Waals surface area contributed by atoms with Crippen molar-refractivity contribution in [3.05, 3.63) is 99.1 Å². The molecule has 0 N–H and O–H groups in total. The number of hydrogen-bond donors (Lipinski definition) is 0. The smallest absolute Gasteiger partial charge is 1.00 e. The molecule has 3 rings (SSSR count). The van der Waals surface area contributed by atoms with Crippen LogP contribution in [0.4, 0.5) is 0 Å². The molecule has 156 valence electrons. The van der Waals surface area contributed by atoms with Gasteiger partial charge < -0.3 is 5.99 Å². The van der Waals surface area contributed by atoms with Crippen molar-refractivity contribution in [2.24, 2.45) is 0 Å². The number of carbonyl (C=O) groups excluding carboxylic acids is 2. The Hall–Kier alpha value is -2.17. The molecule has 0 aliphatic rings. The fraction of sp³-hybridized carbons (Fsp3) is 0.231. The minimum atomic E-state index is -4.11. The summed E-state index contributed by atoms with van der Waals surface area (Å²) in [5.41, 5.74) is 4.56. The summed E-state index contributed by atoms with van der Waals surface area (Å²) in [5, 5.41) is 0.277. The van der Waals surface area contributed by atoms with Crippen LogP contribution in [0, 0.1) is 41.5 Å². The van der Waals surface area contributed by atoms with E-state index in [0.29, 0.717) is 11.1 Å². The van der Waals surface area contributed by atoms with Crippen LogP contribution in [0.15, 0.2) is 54.6 Å². The first-order chi connectivity index (χ1) is 14.1. The molecule has 3 aromatic rings. The molecule has 0 saturated heterocycles. The van der Waals surface area contributed by atoms with Gasteiger partial charge in [-0.3, -0.25) is 9.59 Å². The van der Waals surface area contributed by atoms with Gasteiger partial charge in [-0.25, -0.2) is 0 Å². The molecule has 0 spiro atoms. The predicted octanol–water partition coefficient (Wildman–Crippen LogP) is 3.32. The van der Waals surface area contributed by atoms with Crippen molar-refractivity contribution in [3.8, 4) is 0 Å². The van der Waals surface area contributed by atoms with Crippen molar-refractivity contribution >= 4 is 23.5 Å². The van der Waals surface area contributed by atoms with Crippen LogP contribution in [0.5, 0.6) is 0 Å². The normalized spacial score (nSPS) is 11.0. The van der Waals surface area contributed by atoms with Crippen molar-refractivity contribution in [1.82, 2.24) is 0 Å². The van der Waals surface area contributed by atoms with Gasteiger partial charge in [-0.15, -0.1) is 0 Å². The van der Waals surface area contributed by atoms with E-state index in [1.807, 2.05) is 65.8 Å². The largest absolute Gasteiger partial charge is 1.00 e. The maximum Gasteiger partial charge on any atom is 1.00 e.